The maximum Gasteiger partial charge on any atom is 0.256 e. The van der Waals surface area contributed by atoms with Gasteiger partial charge in [0.15, 0.2) is 5.82 Å². The molecule has 0 spiro atoms. The van der Waals surface area contributed by atoms with Gasteiger partial charge in [-0.15, -0.1) is 0 Å². The van der Waals surface area contributed by atoms with Crippen LogP contribution >= 0.6 is 0 Å². The Morgan fingerprint density at radius 1 is 1.00 bits per heavy atom. The standard InChI is InChI=1S/C27H27F2N5O/c1-34-10-8-23(9-11-34)30-22-5-3-19(4-6-22)27(35)31-26-24-15-17(2-7-25(24)32-33-26)12-18-13-20(28)16-21(29)14-18/h2-7,13-16,23,30H,8-12H2,1H3,(H2,31,32,33,35). The number of anilines is 2. The summed E-state index contributed by atoms with van der Waals surface area (Å²) < 4.78 is 27.1. The van der Waals surface area contributed by atoms with Crippen LogP contribution in [0, 0.1) is 11.6 Å². The van der Waals surface area contributed by atoms with Crippen LogP contribution in [0.2, 0.25) is 0 Å². The summed E-state index contributed by atoms with van der Waals surface area (Å²) in [5, 5.41) is 14.3. The quantitative estimate of drug-likeness (QED) is 0.359. The van der Waals surface area contributed by atoms with E-state index in [1.807, 2.05) is 30.3 Å². The van der Waals surface area contributed by atoms with Crippen molar-refractivity contribution in [3.8, 4) is 0 Å². The lowest BCUT2D eigenvalue weighted by atomic mass is 10.0. The SMILES string of the molecule is CN1CCC(Nc2ccc(C(=O)Nc3n[nH]c4ccc(Cc5cc(F)cc(F)c5)cc34)cc2)CC1. The van der Waals surface area contributed by atoms with Crippen LogP contribution in [-0.2, 0) is 6.42 Å². The number of benzene rings is 3. The molecule has 0 saturated carbocycles. The highest BCUT2D eigenvalue weighted by molar-refractivity contribution is 6.08. The largest absolute Gasteiger partial charge is 0.382 e. The number of piperidine rings is 1. The first kappa shape index (κ1) is 23.0. The molecule has 1 aliphatic heterocycles. The molecule has 0 bridgehead atoms. The molecule has 0 unspecified atom stereocenters. The van der Waals surface area contributed by atoms with Crippen LogP contribution in [0.4, 0.5) is 20.3 Å². The van der Waals surface area contributed by atoms with E-state index in [0.29, 0.717) is 29.4 Å². The van der Waals surface area contributed by atoms with Gasteiger partial charge in [0, 0.05) is 28.7 Å². The zero-order chi connectivity index (χ0) is 24.4. The second-order valence-electron chi connectivity index (χ2n) is 9.16. The van der Waals surface area contributed by atoms with Crippen LogP contribution in [0.1, 0.15) is 34.3 Å². The van der Waals surface area contributed by atoms with Gasteiger partial charge < -0.3 is 15.5 Å². The molecule has 180 valence electrons. The fourth-order valence-electron chi connectivity index (χ4n) is 4.50. The lowest BCUT2D eigenvalue weighted by Gasteiger charge is -2.30. The molecule has 1 fully saturated rings. The number of amides is 1. The monoisotopic (exact) mass is 475 g/mol. The Morgan fingerprint density at radius 2 is 1.71 bits per heavy atom. The van der Waals surface area contributed by atoms with Gasteiger partial charge in [-0.3, -0.25) is 9.89 Å². The minimum atomic E-state index is -0.607. The van der Waals surface area contributed by atoms with Crippen molar-refractivity contribution < 1.29 is 13.6 Å². The summed E-state index contributed by atoms with van der Waals surface area (Å²) >= 11 is 0. The number of carbonyl (C=O) groups excluding carboxylic acids is 1. The topological polar surface area (TPSA) is 73.1 Å². The second-order valence-corrected chi connectivity index (χ2v) is 9.16. The number of aromatic amines is 1. The molecule has 2 heterocycles. The summed E-state index contributed by atoms with van der Waals surface area (Å²) in [5.74, 6) is -1.07. The van der Waals surface area contributed by atoms with E-state index in [0.717, 1.165) is 54.2 Å². The van der Waals surface area contributed by atoms with E-state index >= 15 is 0 Å². The van der Waals surface area contributed by atoms with E-state index < -0.39 is 11.6 Å². The molecule has 1 aromatic heterocycles. The Labute approximate surface area is 202 Å². The molecule has 5 rings (SSSR count). The minimum absolute atomic E-state index is 0.262. The van der Waals surface area contributed by atoms with Crippen molar-refractivity contribution in [3.63, 3.8) is 0 Å². The van der Waals surface area contributed by atoms with Gasteiger partial charge in [0.25, 0.3) is 5.91 Å². The van der Waals surface area contributed by atoms with Crippen molar-refractivity contribution in [1.29, 1.82) is 0 Å². The second kappa shape index (κ2) is 9.84. The van der Waals surface area contributed by atoms with Gasteiger partial charge in [-0.1, -0.05) is 6.07 Å². The number of hydrogen-bond acceptors (Lipinski definition) is 4. The lowest BCUT2D eigenvalue weighted by Crippen LogP contribution is -2.36. The fourth-order valence-corrected chi connectivity index (χ4v) is 4.50. The van der Waals surface area contributed by atoms with Crippen molar-refractivity contribution in [2.75, 3.05) is 30.8 Å². The number of nitrogens with one attached hydrogen (secondary N) is 3. The molecular formula is C27H27F2N5O. The number of H-pyrrole nitrogens is 1. The zero-order valence-electron chi connectivity index (χ0n) is 19.4. The first-order valence-corrected chi connectivity index (χ1v) is 11.7. The Balaban J connectivity index is 1.27. The fraction of sp³-hybridized carbons (Fsp3) is 0.259. The molecule has 35 heavy (non-hydrogen) atoms. The third-order valence-corrected chi connectivity index (χ3v) is 6.43. The molecule has 1 amide bonds. The number of likely N-dealkylation sites (tertiary alicyclic amines) is 1. The summed E-state index contributed by atoms with van der Waals surface area (Å²) in [6.07, 6.45) is 2.55. The Kier molecular flexibility index (Phi) is 6.46. The summed E-state index contributed by atoms with van der Waals surface area (Å²) in [6, 6.07) is 16.9. The van der Waals surface area contributed by atoms with Gasteiger partial charge in [0.05, 0.1) is 5.52 Å². The number of fused-ring (bicyclic) bond motifs is 1. The zero-order valence-corrected chi connectivity index (χ0v) is 19.4. The number of hydrogen-bond donors (Lipinski definition) is 3. The van der Waals surface area contributed by atoms with Crippen molar-refractivity contribution in [1.82, 2.24) is 15.1 Å². The van der Waals surface area contributed by atoms with Gasteiger partial charge in [-0.25, -0.2) is 8.78 Å². The molecule has 4 aromatic rings. The normalized spacial score (nSPS) is 14.8. The predicted octanol–water partition coefficient (Wildman–Crippen LogP) is 5.19. The number of rotatable bonds is 6. The van der Waals surface area contributed by atoms with Crippen LogP contribution < -0.4 is 10.6 Å². The Hall–Kier alpha value is -3.78. The molecule has 0 aliphatic carbocycles. The molecule has 8 heteroatoms. The Morgan fingerprint density at radius 3 is 2.43 bits per heavy atom. The maximum absolute atomic E-state index is 13.6. The molecular weight excluding hydrogens is 448 g/mol. The molecule has 3 N–H and O–H groups in total. The number of halogens is 2. The van der Waals surface area contributed by atoms with Crippen LogP contribution in [0.3, 0.4) is 0 Å². The Bertz CT molecular complexity index is 1320. The van der Waals surface area contributed by atoms with Gasteiger partial charge >= 0.3 is 0 Å². The molecule has 0 atom stereocenters. The molecule has 0 radical (unpaired) electrons. The van der Waals surface area contributed by atoms with Gasteiger partial charge in [0.1, 0.15) is 11.6 Å². The third kappa shape index (κ3) is 5.49. The van der Waals surface area contributed by atoms with Crippen LogP contribution in [0.5, 0.6) is 0 Å². The van der Waals surface area contributed by atoms with E-state index in [4.69, 9.17) is 0 Å². The molecule has 3 aromatic carbocycles. The summed E-state index contributed by atoms with van der Waals surface area (Å²) in [4.78, 5) is 15.2. The summed E-state index contributed by atoms with van der Waals surface area (Å²) in [5.41, 5.74) is 3.67. The lowest BCUT2D eigenvalue weighted by molar-refractivity contribution is 0.102. The highest BCUT2D eigenvalue weighted by Gasteiger charge is 2.17. The number of aromatic nitrogens is 2. The minimum Gasteiger partial charge on any atom is -0.382 e. The molecule has 1 aliphatic rings. The number of carbonyl (C=O) groups is 1. The smallest absolute Gasteiger partial charge is 0.256 e. The summed E-state index contributed by atoms with van der Waals surface area (Å²) in [7, 11) is 2.14. The predicted molar refractivity (Wildman–Crippen MR) is 134 cm³/mol. The van der Waals surface area contributed by atoms with Crippen LogP contribution in [0.15, 0.2) is 60.7 Å². The van der Waals surface area contributed by atoms with Crippen molar-refractivity contribution in [2.24, 2.45) is 0 Å². The van der Waals surface area contributed by atoms with E-state index in [9.17, 15) is 13.6 Å². The van der Waals surface area contributed by atoms with Gasteiger partial charge in [-0.2, -0.15) is 5.10 Å². The average Bonchev–Trinajstić information content (AvgIpc) is 3.22. The van der Waals surface area contributed by atoms with Gasteiger partial charge in [0.2, 0.25) is 0 Å². The van der Waals surface area contributed by atoms with Crippen molar-refractivity contribution >= 4 is 28.3 Å². The molecule has 6 nitrogen and oxygen atoms in total. The maximum atomic E-state index is 13.6. The number of nitrogens with zero attached hydrogens (tertiary/aromatic N) is 2. The average molecular weight is 476 g/mol. The molecule has 1 saturated heterocycles. The first-order valence-electron chi connectivity index (χ1n) is 11.7. The van der Waals surface area contributed by atoms with Crippen LogP contribution in [-0.4, -0.2) is 47.2 Å². The summed E-state index contributed by atoms with van der Waals surface area (Å²) in [6.45, 7) is 2.16. The highest BCUT2D eigenvalue weighted by Crippen LogP contribution is 2.24. The highest BCUT2D eigenvalue weighted by atomic mass is 19.1. The van der Waals surface area contributed by atoms with Crippen molar-refractivity contribution in [2.45, 2.75) is 25.3 Å². The van der Waals surface area contributed by atoms with Crippen LogP contribution in [0.25, 0.3) is 10.9 Å². The van der Waals surface area contributed by atoms with Gasteiger partial charge in [-0.05, 0) is 99.1 Å². The third-order valence-electron chi connectivity index (χ3n) is 6.43. The van der Waals surface area contributed by atoms with E-state index in [1.54, 1.807) is 12.1 Å². The first-order chi connectivity index (χ1) is 16.9. The van der Waals surface area contributed by atoms with E-state index in [2.05, 4.69) is 32.8 Å². The van der Waals surface area contributed by atoms with Crippen molar-refractivity contribution in [3.05, 3.63) is 89.0 Å². The van der Waals surface area contributed by atoms with E-state index in [-0.39, 0.29) is 5.91 Å². The van der Waals surface area contributed by atoms with E-state index in [1.165, 1.54) is 12.1 Å².